The van der Waals surface area contributed by atoms with Crippen LogP contribution in [0.5, 0.6) is 5.75 Å². The van der Waals surface area contributed by atoms with Crippen LogP contribution in [0.25, 0.3) is 11.1 Å². The van der Waals surface area contributed by atoms with Crippen LogP contribution in [0.2, 0.25) is 0 Å². The lowest BCUT2D eigenvalue weighted by Gasteiger charge is -2.33. The molecule has 1 amide bonds. The molecule has 146 valence electrons. The van der Waals surface area contributed by atoms with Crippen molar-refractivity contribution < 1.29 is 19.4 Å². The maximum Gasteiger partial charge on any atom is 0.414 e. The van der Waals surface area contributed by atoms with E-state index in [0.717, 1.165) is 0 Å². The molecule has 5 heteroatoms. The van der Waals surface area contributed by atoms with Crippen LogP contribution in [0.15, 0.2) is 72.8 Å². The Morgan fingerprint density at radius 1 is 0.966 bits per heavy atom. The summed E-state index contributed by atoms with van der Waals surface area (Å²) in [5.41, 5.74) is 5.41. The van der Waals surface area contributed by atoms with E-state index in [9.17, 15) is 9.90 Å². The zero-order valence-electron chi connectivity index (χ0n) is 15.8. The zero-order chi connectivity index (χ0) is 19.8. The van der Waals surface area contributed by atoms with Gasteiger partial charge in [-0.1, -0.05) is 60.7 Å². The van der Waals surface area contributed by atoms with Crippen LogP contribution in [-0.4, -0.2) is 37.1 Å². The van der Waals surface area contributed by atoms with Gasteiger partial charge in [0.15, 0.2) is 0 Å². The molecule has 5 rings (SSSR count). The molecule has 0 bridgehead atoms. The van der Waals surface area contributed by atoms with Crippen molar-refractivity contribution in [2.45, 2.75) is 12.0 Å². The fourth-order valence-corrected chi connectivity index (χ4v) is 4.24. The third kappa shape index (κ3) is 3.04. The average molecular weight is 387 g/mol. The van der Waals surface area contributed by atoms with Crippen LogP contribution in [0.1, 0.15) is 17.0 Å². The van der Waals surface area contributed by atoms with Crippen molar-refractivity contribution in [1.82, 2.24) is 0 Å². The molecule has 1 atom stereocenters. The van der Waals surface area contributed by atoms with E-state index in [1.807, 2.05) is 42.5 Å². The molecular weight excluding hydrogens is 366 g/mol. The molecule has 1 aliphatic heterocycles. The molecule has 0 aromatic heterocycles. The normalized spacial score (nSPS) is 17.1. The molecule has 0 saturated heterocycles. The van der Waals surface area contributed by atoms with Gasteiger partial charge in [-0.3, -0.25) is 4.90 Å². The van der Waals surface area contributed by atoms with E-state index in [0.29, 0.717) is 11.4 Å². The van der Waals surface area contributed by atoms with E-state index in [1.165, 1.54) is 22.3 Å². The first kappa shape index (κ1) is 17.8. The van der Waals surface area contributed by atoms with Gasteiger partial charge in [-0.25, -0.2) is 4.79 Å². The highest BCUT2D eigenvalue weighted by atomic mass is 16.6. The molecule has 1 N–H and O–H groups in total. The zero-order valence-corrected chi connectivity index (χ0v) is 15.8. The van der Waals surface area contributed by atoms with Crippen LogP contribution >= 0.6 is 0 Å². The molecule has 1 heterocycles. The lowest BCUT2D eigenvalue weighted by molar-refractivity contribution is 0.104. The Hall–Kier alpha value is -3.31. The summed E-state index contributed by atoms with van der Waals surface area (Å²) in [6, 6.07) is 23.8. The van der Waals surface area contributed by atoms with Crippen LogP contribution in [0, 0.1) is 0 Å². The summed E-state index contributed by atoms with van der Waals surface area (Å²) in [5.74, 6) is 0.586. The first-order chi connectivity index (χ1) is 14.3. The minimum atomic E-state index is -0.467. The minimum Gasteiger partial charge on any atom is -0.484 e. The molecule has 5 nitrogen and oxygen atoms in total. The molecule has 3 aromatic carbocycles. The number of anilines is 1. The molecule has 3 aromatic rings. The van der Waals surface area contributed by atoms with E-state index in [-0.39, 0.29) is 25.7 Å². The Morgan fingerprint density at radius 2 is 1.59 bits per heavy atom. The third-order valence-corrected chi connectivity index (χ3v) is 5.60. The molecular formula is C24H21NO4. The van der Waals surface area contributed by atoms with Crippen molar-refractivity contribution in [3.8, 4) is 16.9 Å². The lowest BCUT2D eigenvalue weighted by Crippen LogP contribution is -2.45. The summed E-state index contributed by atoms with van der Waals surface area (Å²) in [5, 5.41) is 9.53. The van der Waals surface area contributed by atoms with Gasteiger partial charge in [-0.05, 0) is 34.4 Å². The van der Waals surface area contributed by atoms with Gasteiger partial charge in [0.25, 0.3) is 0 Å². The number of amides is 1. The summed E-state index contributed by atoms with van der Waals surface area (Å²) in [6.45, 7) is 0.349. The lowest BCUT2D eigenvalue weighted by atomic mass is 9.98. The SMILES string of the molecule is O=C(OCC1c2ccccc2-c2ccccc21)N1CC(CO)Oc2ccccc21. The van der Waals surface area contributed by atoms with E-state index < -0.39 is 12.2 Å². The highest BCUT2D eigenvalue weighted by molar-refractivity contribution is 5.90. The Bertz CT molecular complexity index is 1020. The van der Waals surface area contributed by atoms with Crippen molar-refractivity contribution in [3.05, 3.63) is 83.9 Å². The largest absolute Gasteiger partial charge is 0.484 e. The van der Waals surface area contributed by atoms with Gasteiger partial charge in [-0.2, -0.15) is 0 Å². The highest BCUT2D eigenvalue weighted by Crippen LogP contribution is 2.44. The predicted octanol–water partition coefficient (Wildman–Crippen LogP) is 4.20. The standard InChI is InChI=1S/C24H21NO4/c26-14-16-13-25(22-11-5-6-12-23(22)29-16)24(27)28-15-21-19-9-3-1-7-17(19)18-8-2-4-10-20(18)21/h1-12,16,21,26H,13-15H2. The van der Waals surface area contributed by atoms with Crippen LogP contribution in [0.4, 0.5) is 10.5 Å². The minimum absolute atomic E-state index is 0.0104. The van der Waals surface area contributed by atoms with Crippen molar-refractivity contribution >= 4 is 11.8 Å². The number of hydrogen-bond donors (Lipinski definition) is 1. The van der Waals surface area contributed by atoms with Crippen molar-refractivity contribution in [2.24, 2.45) is 0 Å². The second-order valence-electron chi connectivity index (χ2n) is 7.30. The molecule has 1 aliphatic carbocycles. The van der Waals surface area contributed by atoms with Crippen LogP contribution in [-0.2, 0) is 4.74 Å². The van der Waals surface area contributed by atoms with Crippen molar-refractivity contribution in [2.75, 3.05) is 24.7 Å². The number of ether oxygens (including phenoxy) is 2. The van der Waals surface area contributed by atoms with Gasteiger partial charge in [0, 0.05) is 5.92 Å². The smallest absolute Gasteiger partial charge is 0.414 e. The number of rotatable bonds is 3. The number of benzene rings is 3. The number of carbonyl (C=O) groups is 1. The number of para-hydroxylation sites is 2. The van der Waals surface area contributed by atoms with Gasteiger partial charge >= 0.3 is 6.09 Å². The second-order valence-corrected chi connectivity index (χ2v) is 7.30. The van der Waals surface area contributed by atoms with Crippen molar-refractivity contribution in [3.63, 3.8) is 0 Å². The number of aliphatic hydroxyl groups excluding tert-OH is 1. The fraction of sp³-hybridized carbons (Fsp3) is 0.208. The number of aliphatic hydroxyl groups is 1. The van der Waals surface area contributed by atoms with Gasteiger partial charge in [-0.15, -0.1) is 0 Å². The number of nitrogens with zero attached hydrogens (tertiary/aromatic N) is 1. The molecule has 0 spiro atoms. The number of carbonyl (C=O) groups excluding carboxylic acids is 1. The Balaban J connectivity index is 1.39. The van der Waals surface area contributed by atoms with Crippen molar-refractivity contribution in [1.29, 1.82) is 0 Å². The molecule has 2 aliphatic rings. The maximum atomic E-state index is 13.0. The fourth-order valence-electron chi connectivity index (χ4n) is 4.24. The Kier molecular flexibility index (Phi) is 4.45. The molecule has 29 heavy (non-hydrogen) atoms. The molecule has 0 fully saturated rings. The Labute approximate surface area is 169 Å². The predicted molar refractivity (Wildman–Crippen MR) is 110 cm³/mol. The van der Waals surface area contributed by atoms with Gasteiger partial charge < -0.3 is 14.6 Å². The van der Waals surface area contributed by atoms with Crippen LogP contribution < -0.4 is 9.64 Å². The second kappa shape index (κ2) is 7.26. The van der Waals surface area contributed by atoms with Crippen LogP contribution in [0.3, 0.4) is 0 Å². The van der Waals surface area contributed by atoms with Gasteiger partial charge in [0.05, 0.1) is 18.8 Å². The number of fused-ring (bicyclic) bond motifs is 4. The summed E-state index contributed by atoms with van der Waals surface area (Å²) in [6.07, 6.45) is -0.897. The summed E-state index contributed by atoms with van der Waals surface area (Å²) in [7, 11) is 0. The first-order valence-corrected chi connectivity index (χ1v) is 9.75. The average Bonchev–Trinajstić information content (AvgIpc) is 3.10. The van der Waals surface area contributed by atoms with E-state index in [4.69, 9.17) is 9.47 Å². The third-order valence-electron chi connectivity index (χ3n) is 5.60. The maximum absolute atomic E-state index is 13.0. The highest BCUT2D eigenvalue weighted by Gasteiger charge is 2.33. The molecule has 1 unspecified atom stereocenters. The quantitative estimate of drug-likeness (QED) is 0.732. The summed E-state index contributed by atoms with van der Waals surface area (Å²) >= 11 is 0. The van der Waals surface area contributed by atoms with E-state index >= 15 is 0 Å². The van der Waals surface area contributed by atoms with E-state index in [1.54, 1.807) is 11.0 Å². The molecule has 0 saturated carbocycles. The molecule has 0 radical (unpaired) electrons. The monoisotopic (exact) mass is 387 g/mol. The number of hydrogen-bond acceptors (Lipinski definition) is 4. The summed E-state index contributed by atoms with van der Waals surface area (Å²) < 4.78 is 11.5. The topological polar surface area (TPSA) is 59.0 Å². The first-order valence-electron chi connectivity index (χ1n) is 9.75. The van der Waals surface area contributed by atoms with Gasteiger partial charge in [0.1, 0.15) is 18.5 Å². The van der Waals surface area contributed by atoms with Gasteiger partial charge in [0.2, 0.25) is 0 Å². The Morgan fingerprint density at radius 3 is 2.28 bits per heavy atom. The van der Waals surface area contributed by atoms with E-state index in [2.05, 4.69) is 24.3 Å². The summed E-state index contributed by atoms with van der Waals surface area (Å²) in [4.78, 5) is 14.5.